The van der Waals surface area contributed by atoms with Crippen molar-refractivity contribution in [3.8, 4) is 0 Å². The van der Waals surface area contributed by atoms with Crippen LogP contribution in [0.3, 0.4) is 0 Å². The first kappa shape index (κ1) is 14.7. The van der Waals surface area contributed by atoms with Gasteiger partial charge in [0.25, 0.3) is 0 Å². The Bertz CT molecular complexity index is 644. The van der Waals surface area contributed by atoms with E-state index in [0.29, 0.717) is 32.6 Å². The maximum atomic E-state index is 13.5. The van der Waals surface area contributed by atoms with Gasteiger partial charge in [0.1, 0.15) is 5.82 Å². The number of hydrogen-bond donors (Lipinski definition) is 1. The first-order valence-electron chi connectivity index (χ1n) is 6.76. The molecule has 2 N–H and O–H groups in total. The van der Waals surface area contributed by atoms with Crippen molar-refractivity contribution in [2.45, 2.75) is 23.5 Å². The standard InChI is InChI=1S/C13H17FN2O4S/c14-11-8-10(2-3-12(11)15)21(17,18)16-5-1-4-13(9-16)19-6-7-20-13/h2-3,8H,1,4-7,9,15H2. The number of piperidine rings is 1. The predicted octanol–water partition coefficient (Wildman–Crippen LogP) is 0.935. The van der Waals surface area contributed by atoms with Gasteiger partial charge >= 0.3 is 0 Å². The van der Waals surface area contributed by atoms with Gasteiger partial charge in [0.05, 0.1) is 30.3 Å². The van der Waals surface area contributed by atoms with Crippen molar-refractivity contribution < 1.29 is 22.3 Å². The van der Waals surface area contributed by atoms with Gasteiger partial charge in [0.2, 0.25) is 10.0 Å². The zero-order valence-electron chi connectivity index (χ0n) is 11.4. The molecule has 1 aromatic carbocycles. The van der Waals surface area contributed by atoms with Gasteiger partial charge in [-0.15, -0.1) is 0 Å². The Kier molecular flexibility index (Phi) is 3.64. The van der Waals surface area contributed by atoms with Crippen molar-refractivity contribution in [3.05, 3.63) is 24.0 Å². The first-order valence-corrected chi connectivity index (χ1v) is 8.20. The molecule has 1 spiro atoms. The van der Waals surface area contributed by atoms with Crippen molar-refractivity contribution in [3.63, 3.8) is 0 Å². The minimum absolute atomic E-state index is 0.0773. The lowest BCUT2D eigenvalue weighted by Gasteiger charge is -2.37. The fourth-order valence-electron chi connectivity index (χ4n) is 2.71. The zero-order valence-corrected chi connectivity index (χ0v) is 12.2. The summed E-state index contributed by atoms with van der Waals surface area (Å²) >= 11 is 0. The Morgan fingerprint density at radius 2 is 2.00 bits per heavy atom. The molecule has 2 aliphatic heterocycles. The number of ether oxygens (including phenoxy) is 2. The van der Waals surface area contributed by atoms with E-state index in [4.69, 9.17) is 15.2 Å². The van der Waals surface area contributed by atoms with E-state index in [-0.39, 0.29) is 17.1 Å². The molecule has 8 heteroatoms. The van der Waals surface area contributed by atoms with Gasteiger partial charge in [-0.1, -0.05) is 0 Å². The maximum absolute atomic E-state index is 13.5. The van der Waals surface area contributed by atoms with Gasteiger partial charge in [0, 0.05) is 13.0 Å². The van der Waals surface area contributed by atoms with Crippen molar-refractivity contribution in [2.75, 3.05) is 32.0 Å². The fraction of sp³-hybridized carbons (Fsp3) is 0.538. The molecule has 0 aliphatic carbocycles. The monoisotopic (exact) mass is 316 g/mol. The predicted molar refractivity (Wildman–Crippen MR) is 73.4 cm³/mol. The molecule has 0 atom stereocenters. The van der Waals surface area contributed by atoms with Crippen molar-refractivity contribution in [1.82, 2.24) is 4.31 Å². The number of nitrogens with zero attached hydrogens (tertiary/aromatic N) is 1. The number of halogens is 1. The van der Waals surface area contributed by atoms with Crippen molar-refractivity contribution in [2.24, 2.45) is 0 Å². The van der Waals surface area contributed by atoms with Crippen LogP contribution in [0.25, 0.3) is 0 Å². The molecule has 2 fully saturated rings. The SMILES string of the molecule is Nc1ccc(S(=O)(=O)N2CCCC3(C2)OCCO3)cc1F. The number of benzene rings is 1. The van der Waals surface area contributed by atoms with E-state index in [1.165, 1.54) is 16.4 Å². The summed E-state index contributed by atoms with van der Waals surface area (Å²) in [5.74, 6) is -1.59. The molecule has 0 radical (unpaired) electrons. The molecule has 21 heavy (non-hydrogen) atoms. The van der Waals surface area contributed by atoms with Crippen LogP contribution in [-0.2, 0) is 19.5 Å². The highest BCUT2D eigenvalue weighted by molar-refractivity contribution is 7.89. The molecule has 0 aromatic heterocycles. The van der Waals surface area contributed by atoms with Crippen LogP contribution >= 0.6 is 0 Å². The topological polar surface area (TPSA) is 81.9 Å². The summed E-state index contributed by atoms with van der Waals surface area (Å²) in [5, 5.41) is 0. The van der Waals surface area contributed by atoms with Crippen LogP contribution in [0.5, 0.6) is 0 Å². The zero-order chi connectivity index (χ0) is 15.1. The minimum atomic E-state index is -3.79. The number of rotatable bonds is 2. The van der Waals surface area contributed by atoms with Gasteiger partial charge in [-0.3, -0.25) is 0 Å². The molecule has 0 saturated carbocycles. The average Bonchev–Trinajstić information content (AvgIpc) is 2.89. The lowest BCUT2D eigenvalue weighted by molar-refractivity contribution is -0.179. The summed E-state index contributed by atoms with van der Waals surface area (Å²) in [5.41, 5.74) is 5.30. The Labute approximate surface area is 122 Å². The summed E-state index contributed by atoms with van der Waals surface area (Å²) in [6, 6.07) is 3.51. The summed E-state index contributed by atoms with van der Waals surface area (Å²) in [7, 11) is -3.79. The molecule has 0 unspecified atom stereocenters. The number of sulfonamides is 1. The molecular weight excluding hydrogens is 299 g/mol. The fourth-order valence-corrected chi connectivity index (χ4v) is 4.23. The molecule has 2 aliphatic rings. The van der Waals surface area contributed by atoms with E-state index in [9.17, 15) is 12.8 Å². The van der Waals surface area contributed by atoms with Crippen molar-refractivity contribution in [1.29, 1.82) is 0 Å². The van der Waals surface area contributed by atoms with E-state index in [2.05, 4.69) is 0 Å². The van der Waals surface area contributed by atoms with E-state index in [0.717, 1.165) is 6.07 Å². The highest BCUT2D eigenvalue weighted by Gasteiger charge is 2.44. The van der Waals surface area contributed by atoms with Crippen LogP contribution in [0, 0.1) is 5.82 Å². The van der Waals surface area contributed by atoms with Crippen LogP contribution in [0.2, 0.25) is 0 Å². The van der Waals surface area contributed by atoms with E-state index < -0.39 is 21.6 Å². The lowest BCUT2D eigenvalue weighted by Crippen LogP contribution is -2.50. The summed E-state index contributed by atoms with van der Waals surface area (Å²) in [4.78, 5) is -0.107. The van der Waals surface area contributed by atoms with E-state index in [1.54, 1.807) is 0 Å². The molecule has 2 saturated heterocycles. The second-order valence-electron chi connectivity index (χ2n) is 5.23. The van der Waals surface area contributed by atoms with E-state index in [1.807, 2.05) is 0 Å². The lowest BCUT2D eigenvalue weighted by atomic mass is 10.1. The molecule has 116 valence electrons. The number of anilines is 1. The highest BCUT2D eigenvalue weighted by atomic mass is 32.2. The van der Waals surface area contributed by atoms with Crippen LogP contribution in [0.4, 0.5) is 10.1 Å². The number of nitrogen functional groups attached to an aromatic ring is 1. The highest BCUT2D eigenvalue weighted by Crippen LogP contribution is 2.33. The Morgan fingerprint density at radius 3 is 2.67 bits per heavy atom. The average molecular weight is 316 g/mol. The molecular formula is C13H17FN2O4S. The Balaban J connectivity index is 1.88. The summed E-state index contributed by atoms with van der Waals surface area (Å²) in [6.07, 6.45) is 1.30. The Hall–Kier alpha value is -1.22. The maximum Gasteiger partial charge on any atom is 0.243 e. The number of nitrogens with two attached hydrogens (primary N) is 1. The molecule has 1 aromatic rings. The summed E-state index contributed by atoms with van der Waals surface area (Å²) in [6.45, 7) is 1.42. The molecule has 2 heterocycles. The third kappa shape index (κ3) is 2.64. The normalized spacial score (nSPS) is 22.7. The van der Waals surface area contributed by atoms with Gasteiger partial charge in [0.15, 0.2) is 5.79 Å². The number of hydrogen-bond acceptors (Lipinski definition) is 5. The quantitative estimate of drug-likeness (QED) is 0.821. The van der Waals surface area contributed by atoms with Crippen molar-refractivity contribution >= 4 is 15.7 Å². The molecule has 0 bridgehead atoms. The van der Waals surface area contributed by atoms with E-state index >= 15 is 0 Å². The third-order valence-electron chi connectivity index (χ3n) is 3.81. The van der Waals surface area contributed by atoms with Crippen LogP contribution in [-0.4, -0.2) is 44.8 Å². The van der Waals surface area contributed by atoms with Gasteiger partial charge in [-0.25, -0.2) is 12.8 Å². The molecule has 6 nitrogen and oxygen atoms in total. The smallest absolute Gasteiger partial charge is 0.243 e. The van der Waals surface area contributed by atoms with Gasteiger partial charge in [-0.2, -0.15) is 4.31 Å². The summed E-state index contributed by atoms with van der Waals surface area (Å²) < 4.78 is 51.1. The minimum Gasteiger partial charge on any atom is -0.396 e. The molecule has 3 rings (SSSR count). The van der Waals surface area contributed by atoms with Crippen LogP contribution in [0.1, 0.15) is 12.8 Å². The first-order chi connectivity index (χ1) is 9.93. The molecule has 0 amide bonds. The second-order valence-corrected chi connectivity index (χ2v) is 7.17. The van der Waals surface area contributed by atoms with Gasteiger partial charge in [-0.05, 0) is 24.6 Å². The van der Waals surface area contributed by atoms with Crippen LogP contribution in [0.15, 0.2) is 23.1 Å². The van der Waals surface area contributed by atoms with Gasteiger partial charge < -0.3 is 15.2 Å². The van der Waals surface area contributed by atoms with Crippen LogP contribution < -0.4 is 5.73 Å². The third-order valence-corrected chi connectivity index (χ3v) is 5.65. The second kappa shape index (κ2) is 5.20. The Morgan fingerprint density at radius 1 is 1.29 bits per heavy atom. The largest absolute Gasteiger partial charge is 0.396 e.